The molecule has 3 aromatic rings. The second kappa shape index (κ2) is 9.41. The molecule has 0 amide bonds. The highest BCUT2D eigenvalue weighted by atomic mass is 16.7. The molecule has 0 saturated carbocycles. The summed E-state index contributed by atoms with van der Waals surface area (Å²) in [6.45, 7) is 4.92. The third-order valence-electron chi connectivity index (χ3n) is 8.26. The molecule has 1 fully saturated rings. The predicted octanol–water partition coefficient (Wildman–Crippen LogP) is 2.94. The lowest BCUT2D eigenvalue weighted by Gasteiger charge is -2.36. The van der Waals surface area contributed by atoms with E-state index in [1.807, 2.05) is 0 Å². The fourth-order valence-corrected chi connectivity index (χ4v) is 5.59. The van der Waals surface area contributed by atoms with Crippen LogP contribution in [0.4, 0.5) is 0 Å². The van der Waals surface area contributed by atoms with Crippen molar-refractivity contribution in [2.45, 2.75) is 64.0 Å². The number of cyclic esters (lactones) is 1. The minimum absolute atomic E-state index is 0.0621. The number of carbonyl (C=O) groups excluding carboxylic acids is 1. The van der Waals surface area contributed by atoms with E-state index in [1.165, 1.54) is 12.1 Å². The number of fused-ring (bicyclic) bond motifs is 3. The first-order chi connectivity index (χ1) is 19.0. The first kappa shape index (κ1) is 26.5. The van der Waals surface area contributed by atoms with Gasteiger partial charge in [0.25, 0.3) is 0 Å². The van der Waals surface area contributed by atoms with Gasteiger partial charge < -0.3 is 49.2 Å². The number of esters is 1. The molecule has 0 spiro atoms. The molecular formula is C29H30O11. The van der Waals surface area contributed by atoms with Crippen molar-refractivity contribution in [1.29, 1.82) is 0 Å². The number of rotatable bonds is 4. The van der Waals surface area contributed by atoms with Gasteiger partial charge in [0, 0.05) is 22.4 Å². The maximum Gasteiger partial charge on any atom is 0.339 e. The van der Waals surface area contributed by atoms with Gasteiger partial charge in [-0.2, -0.15) is 0 Å². The molecule has 3 aliphatic heterocycles. The molecule has 0 radical (unpaired) electrons. The summed E-state index contributed by atoms with van der Waals surface area (Å²) in [5.41, 5.74) is 0.331. The zero-order valence-electron chi connectivity index (χ0n) is 22.1. The lowest BCUT2D eigenvalue weighted by Crippen LogP contribution is -2.50. The van der Waals surface area contributed by atoms with Gasteiger partial charge in [0.15, 0.2) is 23.0 Å². The molecule has 1 unspecified atom stereocenters. The van der Waals surface area contributed by atoms with Crippen molar-refractivity contribution in [2.24, 2.45) is 5.92 Å². The molecule has 0 bridgehead atoms. The number of aromatic hydroxyl groups is 2. The SMILES string of the molecule is CC[C@@]1(C)OC(Oc2c3c(c(-c4ccc5c(c4)OCO5)c4cc(O)c(O)cc24)C(=O)OC3)[C@@H](C)[C@H](O)[C@@H](O)[C@@H]1O. The number of aliphatic hydroxyl groups is 3. The van der Waals surface area contributed by atoms with E-state index in [2.05, 4.69) is 0 Å². The van der Waals surface area contributed by atoms with Gasteiger partial charge in [0.1, 0.15) is 24.6 Å². The Morgan fingerprint density at radius 1 is 0.950 bits per heavy atom. The van der Waals surface area contributed by atoms with Gasteiger partial charge in [-0.1, -0.05) is 19.9 Å². The zero-order chi connectivity index (χ0) is 28.5. The Kier molecular flexibility index (Phi) is 6.22. The summed E-state index contributed by atoms with van der Waals surface area (Å²) < 4.78 is 29.0. The average molecular weight is 555 g/mol. The highest BCUT2D eigenvalue weighted by molar-refractivity contribution is 6.14. The zero-order valence-corrected chi connectivity index (χ0v) is 22.1. The lowest BCUT2D eigenvalue weighted by molar-refractivity contribution is -0.213. The Morgan fingerprint density at radius 3 is 2.38 bits per heavy atom. The van der Waals surface area contributed by atoms with E-state index in [4.69, 9.17) is 23.7 Å². The maximum absolute atomic E-state index is 13.2. The number of ether oxygens (including phenoxy) is 5. The smallest absolute Gasteiger partial charge is 0.339 e. The van der Waals surface area contributed by atoms with E-state index in [9.17, 15) is 30.3 Å². The highest BCUT2D eigenvalue weighted by Gasteiger charge is 2.50. The Bertz CT molecular complexity index is 1520. The quantitative estimate of drug-likeness (QED) is 0.238. The molecule has 11 heteroatoms. The van der Waals surface area contributed by atoms with Crippen molar-refractivity contribution >= 4 is 16.7 Å². The van der Waals surface area contributed by atoms with Gasteiger partial charge in [0.2, 0.25) is 13.1 Å². The van der Waals surface area contributed by atoms with Crippen LogP contribution in [0.1, 0.15) is 43.1 Å². The summed E-state index contributed by atoms with van der Waals surface area (Å²) in [5.74, 6) is -1.08. The summed E-state index contributed by atoms with van der Waals surface area (Å²) in [5, 5.41) is 53.9. The molecule has 3 aromatic carbocycles. The maximum atomic E-state index is 13.2. The monoisotopic (exact) mass is 554 g/mol. The summed E-state index contributed by atoms with van der Waals surface area (Å²) in [6, 6.07) is 7.83. The molecule has 0 aliphatic carbocycles. The topological polar surface area (TPSA) is 164 Å². The number of carbonyl (C=O) groups is 1. The van der Waals surface area contributed by atoms with Gasteiger partial charge in [-0.15, -0.1) is 0 Å². The van der Waals surface area contributed by atoms with E-state index < -0.39 is 53.6 Å². The number of aliphatic hydroxyl groups excluding tert-OH is 3. The molecule has 3 heterocycles. The fourth-order valence-electron chi connectivity index (χ4n) is 5.59. The van der Waals surface area contributed by atoms with Crippen LogP contribution in [-0.2, 0) is 16.1 Å². The first-order valence-electron chi connectivity index (χ1n) is 13.0. The largest absolute Gasteiger partial charge is 0.504 e. The Hall–Kier alpha value is -3.77. The summed E-state index contributed by atoms with van der Waals surface area (Å²) in [6.07, 6.45) is -5.17. The molecule has 3 aliphatic rings. The van der Waals surface area contributed by atoms with Crippen LogP contribution in [0, 0.1) is 5.92 Å². The van der Waals surface area contributed by atoms with Crippen molar-refractivity contribution in [2.75, 3.05) is 6.79 Å². The van der Waals surface area contributed by atoms with Gasteiger partial charge >= 0.3 is 5.97 Å². The average Bonchev–Trinajstić information content (AvgIpc) is 3.56. The molecule has 212 valence electrons. The lowest BCUT2D eigenvalue weighted by atomic mass is 9.88. The Morgan fingerprint density at radius 2 is 1.65 bits per heavy atom. The molecule has 6 rings (SSSR count). The Balaban J connectivity index is 1.57. The van der Waals surface area contributed by atoms with Gasteiger partial charge in [-0.3, -0.25) is 0 Å². The third-order valence-corrected chi connectivity index (χ3v) is 8.26. The van der Waals surface area contributed by atoms with Crippen molar-refractivity contribution < 1.29 is 54.0 Å². The van der Waals surface area contributed by atoms with E-state index in [0.717, 1.165) is 0 Å². The molecular weight excluding hydrogens is 524 g/mol. The summed E-state index contributed by atoms with van der Waals surface area (Å²) in [7, 11) is 0. The van der Waals surface area contributed by atoms with E-state index in [0.29, 0.717) is 45.4 Å². The summed E-state index contributed by atoms with van der Waals surface area (Å²) in [4.78, 5) is 13.2. The number of hydrogen-bond acceptors (Lipinski definition) is 11. The van der Waals surface area contributed by atoms with E-state index in [1.54, 1.807) is 39.0 Å². The number of phenolic OH excluding ortho intramolecular Hbond substituents is 2. The van der Waals surface area contributed by atoms with Crippen LogP contribution in [0.5, 0.6) is 28.7 Å². The van der Waals surface area contributed by atoms with Crippen LogP contribution < -0.4 is 14.2 Å². The van der Waals surface area contributed by atoms with Gasteiger partial charge in [-0.05, 0) is 48.6 Å². The van der Waals surface area contributed by atoms with Crippen LogP contribution >= 0.6 is 0 Å². The van der Waals surface area contributed by atoms with Crippen LogP contribution in [0.3, 0.4) is 0 Å². The minimum atomic E-state index is -1.49. The molecule has 5 N–H and O–H groups in total. The van der Waals surface area contributed by atoms with E-state index >= 15 is 0 Å². The summed E-state index contributed by atoms with van der Waals surface area (Å²) >= 11 is 0. The minimum Gasteiger partial charge on any atom is -0.504 e. The van der Waals surface area contributed by atoms with Gasteiger partial charge in [-0.25, -0.2) is 4.79 Å². The number of hydrogen-bond donors (Lipinski definition) is 5. The van der Waals surface area contributed by atoms with Crippen molar-refractivity contribution in [3.8, 4) is 39.9 Å². The standard InChI is InChI=1S/C29H30O11/c1-4-29(3)26(34)24(33)23(32)12(2)28(40-29)39-25-15-9-18(31)17(30)8-14(15)21(22-16(25)10-36-27(22)35)13-5-6-19-20(7-13)38-11-37-19/h5-9,12,23-24,26,28,30-34H,4,10-11H2,1-3H3/t12-,23-,24+,26-,28?,29+/m0/s1. The van der Waals surface area contributed by atoms with Gasteiger partial charge in [0.05, 0.1) is 17.3 Å². The first-order valence-corrected chi connectivity index (χ1v) is 13.0. The highest BCUT2D eigenvalue weighted by Crippen LogP contribution is 2.50. The normalized spacial score (nSPS) is 29.2. The van der Waals surface area contributed by atoms with E-state index in [-0.39, 0.29) is 24.7 Å². The molecule has 11 nitrogen and oxygen atoms in total. The van der Waals surface area contributed by atoms with Crippen molar-refractivity contribution in [3.63, 3.8) is 0 Å². The predicted molar refractivity (Wildman–Crippen MR) is 139 cm³/mol. The van der Waals surface area contributed by atoms with Crippen LogP contribution in [-0.4, -0.2) is 68.5 Å². The number of phenols is 2. The third kappa shape index (κ3) is 3.92. The number of benzene rings is 3. The molecule has 1 saturated heterocycles. The fraction of sp³-hybridized carbons (Fsp3) is 0.414. The molecule has 0 aromatic heterocycles. The molecule has 40 heavy (non-hydrogen) atoms. The van der Waals surface area contributed by atoms with Crippen molar-refractivity contribution in [3.05, 3.63) is 41.5 Å². The van der Waals surface area contributed by atoms with Crippen molar-refractivity contribution in [1.82, 2.24) is 0 Å². The van der Waals surface area contributed by atoms with Crippen LogP contribution in [0.25, 0.3) is 21.9 Å². The second-order valence-corrected chi connectivity index (χ2v) is 10.6. The van der Waals surface area contributed by atoms with Crippen LogP contribution in [0.2, 0.25) is 0 Å². The molecule has 6 atom stereocenters. The Labute approximate surface area is 229 Å². The van der Waals surface area contributed by atoms with Crippen LogP contribution in [0.15, 0.2) is 30.3 Å². The second-order valence-electron chi connectivity index (χ2n) is 10.6.